The van der Waals surface area contributed by atoms with E-state index in [4.69, 9.17) is 23.7 Å². The summed E-state index contributed by atoms with van der Waals surface area (Å²) >= 11 is 0. The Balaban J connectivity index is 1.77. The highest BCUT2D eigenvalue weighted by Crippen LogP contribution is 2.39. The quantitative estimate of drug-likeness (QED) is 0.181. The third kappa shape index (κ3) is 11.4. The van der Waals surface area contributed by atoms with Crippen molar-refractivity contribution in [3.63, 3.8) is 0 Å². The van der Waals surface area contributed by atoms with E-state index in [2.05, 4.69) is 6.92 Å². The molecule has 0 aromatic heterocycles. The minimum Gasteiger partial charge on any atom is -0.456 e. The molecule has 2 saturated heterocycles. The number of ether oxygens (including phenoxy) is 5. The van der Waals surface area contributed by atoms with Gasteiger partial charge >= 0.3 is 5.97 Å². The fraction of sp³-hybridized carbons (Fsp3) is 0.818. The van der Waals surface area contributed by atoms with E-state index >= 15 is 0 Å². The average molecular weight is 806 g/mol. The third-order valence-electron chi connectivity index (χ3n) is 13.1. The number of aliphatic hydroxyl groups is 3. The van der Waals surface area contributed by atoms with E-state index in [0.29, 0.717) is 56.9 Å². The van der Waals surface area contributed by atoms with Gasteiger partial charge in [-0.15, -0.1) is 0 Å². The highest BCUT2D eigenvalue weighted by Gasteiger charge is 2.56. The molecule has 3 aliphatic heterocycles. The summed E-state index contributed by atoms with van der Waals surface area (Å²) in [4.78, 5) is 57.9. The Morgan fingerprint density at radius 1 is 0.912 bits per heavy atom. The number of carbonyl (C=O) groups excluding carboxylic acids is 4. The summed E-state index contributed by atoms with van der Waals surface area (Å²) in [5, 5.41) is 34.2. The fourth-order valence-electron chi connectivity index (χ4n) is 9.60. The van der Waals surface area contributed by atoms with Gasteiger partial charge in [0, 0.05) is 52.0 Å². The number of fused-ring (bicyclic) bond motifs is 3. The van der Waals surface area contributed by atoms with Crippen LogP contribution in [0.5, 0.6) is 0 Å². The van der Waals surface area contributed by atoms with E-state index < -0.39 is 83.9 Å². The zero-order chi connectivity index (χ0) is 42.2. The van der Waals surface area contributed by atoms with Gasteiger partial charge < -0.3 is 43.9 Å². The number of ketones is 2. The lowest BCUT2D eigenvalue weighted by atomic mass is 9.81. The zero-order valence-corrected chi connectivity index (χ0v) is 35.8. The van der Waals surface area contributed by atoms with Crippen molar-refractivity contribution < 1.29 is 58.2 Å². The molecule has 1 aliphatic carbocycles. The van der Waals surface area contributed by atoms with Gasteiger partial charge in [-0.25, -0.2) is 4.79 Å². The van der Waals surface area contributed by atoms with Crippen molar-refractivity contribution in [3.8, 4) is 0 Å². The fourth-order valence-corrected chi connectivity index (χ4v) is 9.60. The first-order chi connectivity index (χ1) is 27.0. The highest BCUT2D eigenvalue weighted by atomic mass is 16.7. The summed E-state index contributed by atoms with van der Waals surface area (Å²) < 4.78 is 29.8. The molecule has 13 heteroatoms. The molecule has 0 radical (unpaired) electrons. The molecule has 14 atom stereocenters. The van der Waals surface area contributed by atoms with Crippen molar-refractivity contribution in [1.82, 2.24) is 4.90 Å². The van der Waals surface area contributed by atoms with Gasteiger partial charge in [0.25, 0.3) is 11.7 Å². The molecule has 3 N–H and O–H groups in total. The third-order valence-corrected chi connectivity index (χ3v) is 13.1. The molecule has 324 valence electrons. The van der Waals surface area contributed by atoms with E-state index in [-0.39, 0.29) is 49.5 Å². The maximum Gasteiger partial charge on any atom is 0.329 e. The molecular formula is C44H71NO12. The molecule has 4 aliphatic rings. The Kier molecular flexibility index (Phi) is 17.5. The summed E-state index contributed by atoms with van der Waals surface area (Å²) in [6.45, 7) is 11.4. The lowest BCUT2D eigenvalue weighted by molar-refractivity contribution is -0.302. The smallest absolute Gasteiger partial charge is 0.329 e. The normalized spacial score (nSPS) is 41.1. The number of amides is 1. The Bertz CT molecular complexity index is 1450. The van der Waals surface area contributed by atoms with Crippen molar-refractivity contribution in [2.45, 2.75) is 173 Å². The second-order valence-corrected chi connectivity index (χ2v) is 17.5. The maximum absolute atomic E-state index is 14.3. The maximum atomic E-state index is 14.3. The molecular weight excluding hydrogens is 734 g/mol. The molecule has 0 aromatic carbocycles. The highest BCUT2D eigenvalue weighted by molar-refractivity contribution is 6.39. The number of cyclic esters (lactones) is 1. The van der Waals surface area contributed by atoms with E-state index in [1.807, 2.05) is 32.9 Å². The summed E-state index contributed by atoms with van der Waals surface area (Å²) in [5.74, 6) is -7.46. The molecule has 4 rings (SSSR count). The van der Waals surface area contributed by atoms with Gasteiger partial charge in [-0.2, -0.15) is 0 Å². The van der Waals surface area contributed by atoms with E-state index in [1.165, 1.54) is 19.1 Å². The first-order valence-electron chi connectivity index (χ1n) is 21.3. The van der Waals surface area contributed by atoms with E-state index in [0.717, 1.165) is 12.0 Å². The predicted octanol–water partition coefficient (Wildman–Crippen LogP) is 4.86. The minimum absolute atomic E-state index is 0.000416. The van der Waals surface area contributed by atoms with Gasteiger partial charge in [-0.1, -0.05) is 51.8 Å². The molecule has 6 unspecified atom stereocenters. The van der Waals surface area contributed by atoms with Gasteiger partial charge in [0.05, 0.1) is 30.5 Å². The van der Waals surface area contributed by atoms with Crippen LogP contribution in [0.1, 0.15) is 119 Å². The Labute approximate surface area is 339 Å². The SMILES string of the molecule is CCCC1/C=C(\C)C[C@H](C)CC(OC)C2O[C@@](O)(C(=O)C(=O)N3CCCC[C@H]3C(=O)OC(/C(C)=C/[C@@H]3CCC(O)[C@H](OC)C3)C(C)[C@@H](O)CC1=O)[C@H](C)C[C@@H]2OC. The number of carbonyl (C=O) groups is 4. The summed E-state index contributed by atoms with van der Waals surface area (Å²) in [6.07, 6.45) is 4.60. The van der Waals surface area contributed by atoms with E-state index in [1.54, 1.807) is 21.0 Å². The summed E-state index contributed by atoms with van der Waals surface area (Å²) in [5.41, 5.74) is 1.67. The van der Waals surface area contributed by atoms with Crippen LogP contribution in [0, 0.1) is 29.6 Å². The van der Waals surface area contributed by atoms with Crippen molar-refractivity contribution >= 4 is 23.4 Å². The van der Waals surface area contributed by atoms with Crippen LogP contribution in [-0.4, -0.2) is 126 Å². The largest absolute Gasteiger partial charge is 0.456 e. The Morgan fingerprint density at radius 3 is 2.23 bits per heavy atom. The van der Waals surface area contributed by atoms with Gasteiger partial charge in [-0.3, -0.25) is 14.4 Å². The van der Waals surface area contributed by atoms with Crippen LogP contribution < -0.4 is 0 Å². The Morgan fingerprint density at radius 2 is 1.58 bits per heavy atom. The number of nitrogens with zero attached hydrogens (tertiary/aromatic N) is 1. The van der Waals surface area contributed by atoms with Crippen molar-refractivity contribution in [3.05, 3.63) is 23.3 Å². The van der Waals surface area contributed by atoms with Crippen LogP contribution in [0.3, 0.4) is 0 Å². The van der Waals surface area contributed by atoms with Crippen LogP contribution >= 0.6 is 0 Å². The van der Waals surface area contributed by atoms with Crippen LogP contribution in [0.2, 0.25) is 0 Å². The van der Waals surface area contributed by atoms with Crippen LogP contribution in [0.25, 0.3) is 0 Å². The lowest BCUT2D eigenvalue weighted by Gasteiger charge is -2.47. The van der Waals surface area contributed by atoms with Gasteiger partial charge in [0.15, 0.2) is 0 Å². The molecule has 13 nitrogen and oxygen atoms in total. The van der Waals surface area contributed by atoms with Crippen LogP contribution in [-0.2, 0) is 42.9 Å². The number of allylic oxidation sites excluding steroid dienone is 3. The van der Waals surface area contributed by atoms with Crippen molar-refractivity contribution in [1.29, 1.82) is 0 Å². The zero-order valence-electron chi connectivity index (χ0n) is 35.8. The Hall–Kier alpha value is -2.52. The molecule has 3 heterocycles. The molecule has 1 saturated carbocycles. The van der Waals surface area contributed by atoms with Crippen LogP contribution in [0.4, 0.5) is 0 Å². The molecule has 0 aromatic rings. The first kappa shape index (κ1) is 47.2. The van der Waals surface area contributed by atoms with Gasteiger partial charge in [-0.05, 0) is 95.5 Å². The van der Waals surface area contributed by atoms with Gasteiger partial charge in [0.1, 0.15) is 24.0 Å². The lowest BCUT2D eigenvalue weighted by Crippen LogP contribution is -2.64. The second-order valence-electron chi connectivity index (χ2n) is 17.5. The number of hydrogen-bond acceptors (Lipinski definition) is 12. The summed E-state index contributed by atoms with van der Waals surface area (Å²) in [7, 11) is 4.64. The van der Waals surface area contributed by atoms with Gasteiger partial charge in [0.2, 0.25) is 5.79 Å². The predicted molar refractivity (Wildman–Crippen MR) is 213 cm³/mol. The standard InChI is InChI=1S/C44H71NO12/c1-10-13-31-19-25(2)18-26(3)20-37(54-8)40-38(55-9)22-28(5)44(52,57-40)41(49)42(50)45-17-12-11-14-32(45)43(51)56-39(29(6)34(47)24-35(31)48)27(4)21-30-15-16-33(46)36(23-30)53-7/h19,21,26,28-34,36-40,46-47,52H,10-18,20,22-24H2,1-9H3/b25-19+,27-21+/t26-,28+,29?,30-,31?,32-,33?,34-,36+,37?,38-,39?,40?,44+/m0/s1. The molecule has 1 amide bonds. The number of aliphatic hydroxyl groups excluding tert-OH is 2. The number of methoxy groups -OCH3 is 3. The second kappa shape index (κ2) is 21.1. The molecule has 57 heavy (non-hydrogen) atoms. The number of piperidine rings is 1. The molecule has 2 bridgehead atoms. The monoisotopic (exact) mass is 805 g/mol. The summed E-state index contributed by atoms with van der Waals surface area (Å²) in [6, 6.07) is -1.13. The number of esters is 1. The minimum atomic E-state index is -2.50. The van der Waals surface area contributed by atoms with Crippen LogP contribution in [0.15, 0.2) is 23.3 Å². The number of rotatable bonds is 7. The number of Topliss-reactive ketones (excluding diaryl/α,β-unsaturated/α-hetero) is 2. The molecule has 0 spiro atoms. The average Bonchev–Trinajstić information content (AvgIpc) is 3.18. The molecule has 3 fully saturated rings. The van der Waals surface area contributed by atoms with Crippen molar-refractivity contribution in [2.75, 3.05) is 27.9 Å². The van der Waals surface area contributed by atoms with E-state index in [9.17, 15) is 34.5 Å². The van der Waals surface area contributed by atoms with Crippen molar-refractivity contribution in [2.24, 2.45) is 29.6 Å². The number of hydrogen-bond donors (Lipinski definition) is 3. The topological polar surface area (TPSA) is 178 Å². The first-order valence-corrected chi connectivity index (χ1v) is 21.3.